The largest absolute Gasteiger partial charge is 0.395 e. The van der Waals surface area contributed by atoms with Crippen LogP contribution < -0.4 is 0 Å². The van der Waals surface area contributed by atoms with E-state index in [0.717, 1.165) is 19.6 Å². The molecule has 1 saturated heterocycles. The SMILES string of the molecule is CCCN1CCCN(CCO)CC1. The van der Waals surface area contributed by atoms with Crippen LogP contribution in [0.25, 0.3) is 0 Å². The summed E-state index contributed by atoms with van der Waals surface area (Å²) in [6, 6.07) is 0. The zero-order valence-corrected chi connectivity index (χ0v) is 8.71. The molecule has 0 spiro atoms. The Balaban J connectivity index is 2.22. The third-order valence-electron chi connectivity index (χ3n) is 2.64. The van der Waals surface area contributed by atoms with E-state index < -0.39 is 0 Å². The van der Waals surface area contributed by atoms with Crippen LogP contribution in [0.5, 0.6) is 0 Å². The summed E-state index contributed by atoms with van der Waals surface area (Å²) in [7, 11) is 0. The number of nitrogens with zero attached hydrogens (tertiary/aromatic N) is 2. The fourth-order valence-corrected chi connectivity index (χ4v) is 1.93. The number of β-amino-alcohol motifs (C(OH)–C–C–N with tert-alkyl or cyclic N) is 1. The van der Waals surface area contributed by atoms with Crippen molar-refractivity contribution in [3.8, 4) is 0 Å². The molecule has 1 aliphatic rings. The molecule has 0 aliphatic carbocycles. The van der Waals surface area contributed by atoms with Crippen LogP contribution in [0.4, 0.5) is 0 Å². The van der Waals surface area contributed by atoms with Crippen LogP contribution in [0.1, 0.15) is 19.8 Å². The molecule has 1 N–H and O–H groups in total. The van der Waals surface area contributed by atoms with E-state index in [9.17, 15) is 0 Å². The highest BCUT2D eigenvalue weighted by Crippen LogP contribution is 2.02. The molecule has 0 atom stereocenters. The quantitative estimate of drug-likeness (QED) is 0.688. The number of aliphatic hydroxyl groups excluding tert-OH is 1. The predicted octanol–water partition coefficient (Wildman–Crippen LogP) is 0.396. The molecule has 0 aromatic carbocycles. The first-order chi connectivity index (χ1) is 6.36. The molecular formula is C10H22N2O. The van der Waals surface area contributed by atoms with Crippen molar-refractivity contribution in [1.82, 2.24) is 9.80 Å². The standard InChI is InChI=1S/C10H22N2O/c1-2-4-11-5-3-6-12(8-7-11)9-10-13/h13H,2-10H2,1H3. The van der Waals surface area contributed by atoms with Gasteiger partial charge in [-0.2, -0.15) is 0 Å². The summed E-state index contributed by atoms with van der Waals surface area (Å²) in [5, 5.41) is 8.82. The van der Waals surface area contributed by atoms with E-state index in [1.807, 2.05) is 0 Å². The van der Waals surface area contributed by atoms with Crippen LogP contribution in [0, 0.1) is 0 Å². The summed E-state index contributed by atoms with van der Waals surface area (Å²) in [4.78, 5) is 4.88. The highest BCUT2D eigenvalue weighted by atomic mass is 16.3. The molecular weight excluding hydrogens is 164 g/mol. The Hall–Kier alpha value is -0.120. The lowest BCUT2D eigenvalue weighted by Crippen LogP contribution is -2.32. The van der Waals surface area contributed by atoms with Gasteiger partial charge in [0.15, 0.2) is 0 Å². The van der Waals surface area contributed by atoms with E-state index in [1.54, 1.807) is 0 Å². The minimum Gasteiger partial charge on any atom is -0.395 e. The molecule has 1 aliphatic heterocycles. The van der Waals surface area contributed by atoms with E-state index in [0.29, 0.717) is 6.61 Å². The predicted molar refractivity (Wildman–Crippen MR) is 54.9 cm³/mol. The molecule has 1 fully saturated rings. The topological polar surface area (TPSA) is 26.7 Å². The van der Waals surface area contributed by atoms with E-state index >= 15 is 0 Å². The van der Waals surface area contributed by atoms with Crippen molar-refractivity contribution in [2.45, 2.75) is 19.8 Å². The van der Waals surface area contributed by atoms with Gasteiger partial charge in [-0.05, 0) is 32.5 Å². The Bertz CT molecular complexity index is 116. The van der Waals surface area contributed by atoms with Crippen LogP contribution in [-0.4, -0.2) is 60.8 Å². The lowest BCUT2D eigenvalue weighted by Gasteiger charge is -2.20. The van der Waals surface area contributed by atoms with E-state index in [4.69, 9.17) is 5.11 Å². The third-order valence-corrected chi connectivity index (χ3v) is 2.64. The van der Waals surface area contributed by atoms with Crippen LogP contribution in [0.2, 0.25) is 0 Å². The molecule has 0 aromatic heterocycles. The van der Waals surface area contributed by atoms with Gasteiger partial charge in [0.2, 0.25) is 0 Å². The van der Waals surface area contributed by atoms with Gasteiger partial charge >= 0.3 is 0 Å². The van der Waals surface area contributed by atoms with Crippen molar-refractivity contribution in [3.05, 3.63) is 0 Å². The Morgan fingerprint density at radius 2 is 1.62 bits per heavy atom. The Labute approximate surface area is 81.3 Å². The zero-order chi connectivity index (χ0) is 9.52. The number of hydrogen-bond acceptors (Lipinski definition) is 3. The fraction of sp³-hybridized carbons (Fsp3) is 1.00. The summed E-state index contributed by atoms with van der Waals surface area (Å²) in [6.07, 6.45) is 2.50. The average Bonchev–Trinajstić information content (AvgIpc) is 2.33. The summed E-state index contributed by atoms with van der Waals surface area (Å²) < 4.78 is 0. The summed E-state index contributed by atoms with van der Waals surface area (Å²) in [5.41, 5.74) is 0. The van der Waals surface area contributed by atoms with Gasteiger partial charge in [0.1, 0.15) is 0 Å². The fourth-order valence-electron chi connectivity index (χ4n) is 1.93. The molecule has 0 unspecified atom stereocenters. The maximum Gasteiger partial charge on any atom is 0.0558 e. The van der Waals surface area contributed by atoms with E-state index in [1.165, 1.54) is 32.5 Å². The second-order valence-corrected chi connectivity index (χ2v) is 3.76. The first-order valence-electron chi connectivity index (χ1n) is 5.42. The summed E-state index contributed by atoms with van der Waals surface area (Å²) in [6.45, 7) is 9.29. The number of hydrogen-bond donors (Lipinski definition) is 1. The highest BCUT2D eigenvalue weighted by molar-refractivity contribution is 4.68. The van der Waals surface area contributed by atoms with Crippen molar-refractivity contribution in [1.29, 1.82) is 0 Å². The summed E-state index contributed by atoms with van der Waals surface area (Å²) in [5.74, 6) is 0. The van der Waals surface area contributed by atoms with Gasteiger partial charge in [0.25, 0.3) is 0 Å². The van der Waals surface area contributed by atoms with Gasteiger partial charge in [-0.15, -0.1) is 0 Å². The van der Waals surface area contributed by atoms with Crippen LogP contribution >= 0.6 is 0 Å². The van der Waals surface area contributed by atoms with Crippen LogP contribution in [-0.2, 0) is 0 Å². The monoisotopic (exact) mass is 186 g/mol. The molecule has 13 heavy (non-hydrogen) atoms. The minimum atomic E-state index is 0.299. The van der Waals surface area contributed by atoms with Crippen molar-refractivity contribution in [3.63, 3.8) is 0 Å². The first-order valence-corrected chi connectivity index (χ1v) is 5.42. The van der Waals surface area contributed by atoms with E-state index in [2.05, 4.69) is 16.7 Å². The van der Waals surface area contributed by atoms with Gasteiger partial charge in [0, 0.05) is 19.6 Å². The van der Waals surface area contributed by atoms with Crippen molar-refractivity contribution < 1.29 is 5.11 Å². The second kappa shape index (κ2) is 6.35. The Morgan fingerprint density at radius 1 is 1.00 bits per heavy atom. The second-order valence-electron chi connectivity index (χ2n) is 3.76. The molecule has 78 valence electrons. The van der Waals surface area contributed by atoms with Gasteiger partial charge in [-0.25, -0.2) is 0 Å². The normalized spacial score (nSPS) is 21.7. The maximum absolute atomic E-state index is 8.82. The zero-order valence-electron chi connectivity index (χ0n) is 8.71. The molecule has 0 amide bonds. The molecule has 0 radical (unpaired) electrons. The minimum absolute atomic E-state index is 0.299. The van der Waals surface area contributed by atoms with Crippen LogP contribution in [0.3, 0.4) is 0 Å². The molecule has 3 nitrogen and oxygen atoms in total. The van der Waals surface area contributed by atoms with Gasteiger partial charge in [-0.3, -0.25) is 4.90 Å². The molecule has 0 aromatic rings. The highest BCUT2D eigenvalue weighted by Gasteiger charge is 2.12. The van der Waals surface area contributed by atoms with Gasteiger partial charge in [-0.1, -0.05) is 6.92 Å². The molecule has 1 heterocycles. The molecule has 3 heteroatoms. The lowest BCUT2D eigenvalue weighted by atomic mass is 10.3. The third kappa shape index (κ3) is 4.07. The summed E-state index contributed by atoms with van der Waals surface area (Å²) >= 11 is 0. The van der Waals surface area contributed by atoms with Gasteiger partial charge in [0.05, 0.1) is 6.61 Å². The van der Waals surface area contributed by atoms with Crippen LogP contribution in [0.15, 0.2) is 0 Å². The first kappa shape index (κ1) is 11.0. The molecule has 1 rings (SSSR count). The Morgan fingerprint density at radius 3 is 2.15 bits per heavy atom. The number of aliphatic hydroxyl groups is 1. The van der Waals surface area contributed by atoms with Gasteiger partial charge < -0.3 is 10.0 Å². The van der Waals surface area contributed by atoms with E-state index in [-0.39, 0.29) is 0 Å². The van der Waals surface area contributed by atoms with Crippen molar-refractivity contribution in [2.24, 2.45) is 0 Å². The number of rotatable bonds is 4. The molecule has 0 bridgehead atoms. The smallest absolute Gasteiger partial charge is 0.0558 e. The molecule has 0 saturated carbocycles. The van der Waals surface area contributed by atoms with Crippen molar-refractivity contribution >= 4 is 0 Å². The van der Waals surface area contributed by atoms with Crippen molar-refractivity contribution in [2.75, 3.05) is 45.9 Å². The lowest BCUT2D eigenvalue weighted by molar-refractivity contribution is 0.197. The Kier molecular flexibility index (Phi) is 5.35. The maximum atomic E-state index is 8.82. The average molecular weight is 186 g/mol.